The van der Waals surface area contributed by atoms with E-state index < -0.39 is 0 Å². The number of carbonyl (C=O) groups excluding carboxylic acids is 1. The standard InChI is InChI=1S/C15H22N4O2/c1-21-14-7-6-13(16-17-14)19-10-4-5-12(11-19)15(20)18-8-2-3-9-18/h6-7,12H,2-5,8-11H2,1H3. The lowest BCUT2D eigenvalue weighted by molar-refractivity contribution is -0.134. The van der Waals surface area contributed by atoms with Crippen LogP contribution in [0.2, 0.25) is 0 Å². The minimum atomic E-state index is 0.0979. The summed E-state index contributed by atoms with van der Waals surface area (Å²) in [5.41, 5.74) is 0. The Balaban J connectivity index is 1.65. The van der Waals surface area contributed by atoms with Crippen LogP contribution in [-0.2, 0) is 4.79 Å². The minimum absolute atomic E-state index is 0.0979. The van der Waals surface area contributed by atoms with E-state index in [0.717, 1.165) is 57.7 Å². The summed E-state index contributed by atoms with van der Waals surface area (Å²) >= 11 is 0. The van der Waals surface area contributed by atoms with E-state index in [1.807, 2.05) is 17.0 Å². The summed E-state index contributed by atoms with van der Waals surface area (Å²) in [6, 6.07) is 3.72. The van der Waals surface area contributed by atoms with Gasteiger partial charge in [-0.2, -0.15) is 0 Å². The van der Waals surface area contributed by atoms with Crippen molar-refractivity contribution in [1.29, 1.82) is 0 Å². The molecule has 0 spiro atoms. The number of amides is 1. The van der Waals surface area contributed by atoms with Crippen LogP contribution in [-0.4, -0.2) is 54.3 Å². The second kappa shape index (κ2) is 6.28. The van der Waals surface area contributed by atoms with Crippen LogP contribution in [0.1, 0.15) is 25.7 Å². The van der Waals surface area contributed by atoms with Gasteiger partial charge in [0, 0.05) is 32.2 Å². The van der Waals surface area contributed by atoms with Crippen molar-refractivity contribution >= 4 is 11.7 Å². The molecule has 2 fully saturated rings. The number of hydrogen-bond donors (Lipinski definition) is 0. The molecule has 1 unspecified atom stereocenters. The molecule has 0 N–H and O–H groups in total. The fraction of sp³-hybridized carbons (Fsp3) is 0.667. The maximum Gasteiger partial charge on any atom is 0.233 e. The molecule has 0 aromatic carbocycles. The van der Waals surface area contributed by atoms with Crippen LogP contribution in [0, 0.1) is 5.92 Å². The van der Waals surface area contributed by atoms with Gasteiger partial charge in [0.2, 0.25) is 11.8 Å². The Morgan fingerprint density at radius 2 is 2.00 bits per heavy atom. The Bertz CT molecular complexity index is 485. The van der Waals surface area contributed by atoms with E-state index in [1.165, 1.54) is 0 Å². The molecule has 0 bridgehead atoms. The molecule has 2 saturated heterocycles. The zero-order valence-electron chi connectivity index (χ0n) is 12.5. The van der Waals surface area contributed by atoms with Crippen LogP contribution in [0.15, 0.2) is 12.1 Å². The van der Waals surface area contributed by atoms with Gasteiger partial charge in [0.1, 0.15) is 0 Å². The fourth-order valence-corrected chi connectivity index (χ4v) is 3.17. The molecule has 0 aliphatic carbocycles. The number of methoxy groups -OCH3 is 1. The van der Waals surface area contributed by atoms with E-state index >= 15 is 0 Å². The first kappa shape index (κ1) is 14.1. The van der Waals surface area contributed by atoms with Gasteiger partial charge in [0.05, 0.1) is 13.0 Å². The summed E-state index contributed by atoms with van der Waals surface area (Å²) in [5, 5.41) is 8.20. The number of aromatic nitrogens is 2. The first-order valence-electron chi connectivity index (χ1n) is 7.69. The third-order valence-electron chi connectivity index (χ3n) is 4.35. The molecule has 6 heteroatoms. The summed E-state index contributed by atoms with van der Waals surface area (Å²) in [7, 11) is 1.58. The Morgan fingerprint density at radius 1 is 1.19 bits per heavy atom. The molecule has 6 nitrogen and oxygen atoms in total. The number of hydrogen-bond acceptors (Lipinski definition) is 5. The number of nitrogens with zero attached hydrogens (tertiary/aromatic N) is 4. The number of ether oxygens (including phenoxy) is 1. The maximum absolute atomic E-state index is 12.5. The maximum atomic E-state index is 12.5. The molecule has 21 heavy (non-hydrogen) atoms. The van der Waals surface area contributed by atoms with Crippen molar-refractivity contribution in [2.24, 2.45) is 5.92 Å². The topological polar surface area (TPSA) is 58.6 Å². The van der Waals surface area contributed by atoms with Gasteiger partial charge in [-0.1, -0.05) is 0 Å². The van der Waals surface area contributed by atoms with Gasteiger partial charge in [-0.3, -0.25) is 4.79 Å². The molecular weight excluding hydrogens is 268 g/mol. The minimum Gasteiger partial charge on any atom is -0.480 e. The summed E-state index contributed by atoms with van der Waals surface area (Å²) < 4.78 is 5.03. The number of carbonyl (C=O) groups is 1. The van der Waals surface area contributed by atoms with Crippen LogP contribution in [0.25, 0.3) is 0 Å². The van der Waals surface area contributed by atoms with E-state index in [2.05, 4.69) is 15.1 Å². The number of piperidine rings is 1. The normalized spacial score (nSPS) is 22.4. The van der Waals surface area contributed by atoms with Gasteiger partial charge in [-0.05, 0) is 31.7 Å². The van der Waals surface area contributed by atoms with Crippen LogP contribution in [0.3, 0.4) is 0 Å². The summed E-state index contributed by atoms with van der Waals surface area (Å²) in [6.45, 7) is 3.54. The molecule has 2 aliphatic rings. The largest absolute Gasteiger partial charge is 0.480 e. The van der Waals surface area contributed by atoms with E-state index in [1.54, 1.807) is 7.11 Å². The lowest BCUT2D eigenvalue weighted by Gasteiger charge is -2.34. The van der Waals surface area contributed by atoms with Crippen LogP contribution in [0.4, 0.5) is 5.82 Å². The smallest absolute Gasteiger partial charge is 0.233 e. The van der Waals surface area contributed by atoms with Gasteiger partial charge in [0.15, 0.2) is 5.82 Å². The Kier molecular flexibility index (Phi) is 4.22. The van der Waals surface area contributed by atoms with Crippen LogP contribution >= 0.6 is 0 Å². The van der Waals surface area contributed by atoms with Crippen molar-refractivity contribution in [2.75, 3.05) is 38.2 Å². The number of likely N-dealkylation sites (tertiary alicyclic amines) is 1. The average molecular weight is 290 g/mol. The van der Waals surface area contributed by atoms with Gasteiger partial charge in [-0.25, -0.2) is 0 Å². The summed E-state index contributed by atoms with van der Waals surface area (Å²) in [4.78, 5) is 16.7. The van der Waals surface area contributed by atoms with E-state index in [4.69, 9.17) is 4.74 Å². The molecule has 114 valence electrons. The Morgan fingerprint density at radius 3 is 2.67 bits per heavy atom. The Hall–Kier alpha value is -1.85. The molecule has 1 aromatic rings. The van der Waals surface area contributed by atoms with Gasteiger partial charge in [-0.15, -0.1) is 10.2 Å². The average Bonchev–Trinajstić information content (AvgIpc) is 3.09. The lowest BCUT2D eigenvalue weighted by Crippen LogP contribution is -2.44. The molecular formula is C15H22N4O2. The van der Waals surface area contributed by atoms with Gasteiger partial charge >= 0.3 is 0 Å². The van der Waals surface area contributed by atoms with Gasteiger partial charge < -0.3 is 14.5 Å². The summed E-state index contributed by atoms with van der Waals surface area (Å²) in [6.07, 6.45) is 4.30. The molecule has 2 aliphatic heterocycles. The molecule has 3 heterocycles. The molecule has 1 amide bonds. The zero-order valence-corrected chi connectivity index (χ0v) is 12.5. The van der Waals surface area contributed by atoms with E-state index in [-0.39, 0.29) is 5.92 Å². The fourth-order valence-electron chi connectivity index (χ4n) is 3.17. The molecule has 0 radical (unpaired) electrons. The van der Waals surface area contributed by atoms with E-state index in [0.29, 0.717) is 11.8 Å². The SMILES string of the molecule is COc1ccc(N2CCCC(C(=O)N3CCCC3)C2)nn1. The summed E-state index contributed by atoms with van der Waals surface area (Å²) in [5.74, 6) is 1.76. The van der Waals surface area contributed by atoms with Crippen LogP contribution in [0.5, 0.6) is 5.88 Å². The van der Waals surface area contributed by atoms with E-state index in [9.17, 15) is 4.79 Å². The second-order valence-electron chi connectivity index (χ2n) is 5.75. The quantitative estimate of drug-likeness (QED) is 0.840. The monoisotopic (exact) mass is 290 g/mol. The van der Waals surface area contributed by atoms with Crippen molar-refractivity contribution < 1.29 is 9.53 Å². The predicted molar refractivity (Wildman–Crippen MR) is 79.3 cm³/mol. The predicted octanol–water partition coefficient (Wildman–Crippen LogP) is 1.32. The zero-order chi connectivity index (χ0) is 14.7. The van der Waals surface area contributed by atoms with Gasteiger partial charge in [0.25, 0.3) is 0 Å². The third kappa shape index (κ3) is 3.09. The van der Waals surface area contributed by atoms with Crippen LogP contribution < -0.4 is 9.64 Å². The highest BCUT2D eigenvalue weighted by Crippen LogP contribution is 2.24. The number of anilines is 1. The second-order valence-corrected chi connectivity index (χ2v) is 5.75. The number of rotatable bonds is 3. The van der Waals surface area contributed by atoms with Crippen molar-refractivity contribution in [1.82, 2.24) is 15.1 Å². The molecule has 1 aromatic heterocycles. The third-order valence-corrected chi connectivity index (χ3v) is 4.35. The first-order chi connectivity index (χ1) is 10.3. The van der Waals surface area contributed by atoms with Crippen molar-refractivity contribution in [2.45, 2.75) is 25.7 Å². The Labute approximate surface area is 125 Å². The molecule has 1 atom stereocenters. The highest BCUT2D eigenvalue weighted by molar-refractivity contribution is 5.80. The molecule has 0 saturated carbocycles. The van der Waals surface area contributed by atoms with Crippen molar-refractivity contribution in [3.05, 3.63) is 12.1 Å². The lowest BCUT2D eigenvalue weighted by atomic mass is 9.96. The molecule has 3 rings (SSSR count). The first-order valence-corrected chi connectivity index (χ1v) is 7.69. The van der Waals surface area contributed by atoms with Crippen molar-refractivity contribution in [3.63, 3.8) is 0 Å². The highest BCUT2D eigenvalue weighted by Gasteiger charge is 2.31. The van der Waals surface area contributed by atoms with Crippen molar-refractivity contribution in [3.8, 4) is 5.88 Å². The highest BCUT2D eigenvalue weighted by atomic mass is 16.5.